The van der Waals surface area contributed by atoms with Crippen LogP contribution in [0.5, 0.6) is 0 Å². The van der Waals surface area contributed by atoms with Crippen LogP contribution in [0.15, 0.2) is 59.4 Å². The Kier molecular flexibility index (Phi) is 6.21. The van der Waals surface area contributed by atoms with Crippen molar-refractivity contribution in [3.63, 3.8) is 0 Å². The van der Waals surface area contributed by atoms with Crippen LogP contribution in [0.2, 0.25) is 0 Å². The molecule has 0 aromatic heterocycles. The maximum atomic E-state index is 12.4. The molecule has 0 spiro atoms. The van der Waals surface area contributed by atoms with Crippen molar-refractivity contribution in [2.45, 2.75) is 32.8 Å². The molecule has 0 radical (unpaired) electrons. The number of hydrogen-bond donors (Lipinski definition) is 1. The number of nitrogens with one attached hydrogen (secondary N) is 1. The third-order valence-electron chi connectivity index (χ3n) is 5.47. The van der Waals surface area contributed by atoms with Gasteiger partial charge in [0.15, 0.2) is 5.70 Å². The second-order valence-corrected chi connectivity index (χ2v) is 8.16. The molecule has 162 valence electrons. The van der Waals surface area contributed by atoms with Gasteiger partial charge in [-0.25, -0.2) is 14.6 Å². The lowest BCUT2D eigenvalue weighted by Crippen LogP contribution is -2.37. The van der Waals surface area contributed by atoms with E-state index in [1.807, 2.05) is 56.3 Å². The van der Waals surface area contributed by atoms with E-state index in [1.165, 1.54) is 0 Å². The molecular weight excluding hydrogens is 394 g/mol. The molecule has 1 amide bonds. The molecular formula is C24H27N3O4. The molecule has 31 heavy (non-hydrogen) atoms. The van der Waals surface area contributed by atoms with Crippen LogP contribution in [0.25, 0.3) is 10.8 Å². The van der Waals surface area contributed by atoms with Crippen molar-refractivity contribution in [2.24, 2.45) is 10.9 Å². The van der Waals surface area contributed by atoms with Crippen molar-refractivity contribution in [1.29, 1.82) is 0 Å². The lowest BCUT2D eigenvalue weighted by Gasteiger charge is -2.31. The number of amides is 1. The summed E-state index contributed by atoms with van der Waals surface area (Å²) in [6, 6.07) is 13.8. The van der Waals surface area contributed by atoms with Gasteiger partial charge in [-0.05, 0) is 49.4 Å². The third kappa shape index (κ3) is 5.05. The molecule has 2 aliphatic heterocycles. The number of nitrogens with zero attached hydrogens (tertiary/aromatic N) is 2. The maximum Gasteiger partial charge on any atom is 0.407 e. The second kappa shape index (κ2) is 9.20. The van der Waals surface area contributed by atoms with Crippen LogP contribution < -0.4 is 5.32 Å². The van der Waals surface area contributed by atoms with Gasteiger partial charge in [0.05, 0.1) is 6.10 Å². The number of benzene rings is 2. The summed E-state index contributed by atoms with van der Waals surface area (Å²) in [5, 5.41) is 4.90. The summed E-state index contributed by atoms with van der Waals surface area (Å²) in [7, 11) is 0. The Hall–Kier alpha value is -3.35. The Morgan fingerprint density at radius 1 is 1.23 bits per heavy atom. The van der Waals surface area contributed by atoms with Gasteiger partial charge >= 0.3 is 12.1 Å². The fourth-order valence-electron chi connectivity index (χ4n) is 3.87. The first-order valence-electron chi connectivity index (χ1n) is 10.7. The number of esters is 1. The number of piperidine rings is 1. The highest BCUT2D eigenvalue weighted by Crippen LogP contribution is 2.25. The number of cyclic esters (lactones) is 1. The summed E-state index contributed by atoms with van der Waals surface area (Å²) < 4.78 is 10.6. The summed E-state index contributed by atoms with van der Waals surface area (Å²) >= 11 is 0. The van der Waals surface area contributed by atoms with Gasteiger partial charge in [-0.2, -0.15) is 0 Å². The van der Waals surface area contributed by atoms with Gasteiger partial charge in [0, 0.05) is 31.4 Å². The molecule has 2 aromatic carbocycles. The predicted octanol–water partition coefficient (Wildman–Crippen LogP) is 3.83. The molecule has 2 heterocycles. The van der Waals surface area contributed by atoms with E-state index < -0.39 is 5.97 Å². The monoisotopic (exact) mass is 421 g/mol. The van der Waals surface area contributed by atoms with E-state index in [9.17, 15) is 9.59 Å². The first-order valence-corrected chi connectivity index (χ1v) is 10.7. The molecule has 4 rings (SSSR count). The van der Waals surface area contributed by atoms with E-state index in [2.05, 4.69) is 15.2 Å². The average Bonchev–Trinajstić information content (AvgIpc) is 3.12. The lowest BCUT2D eigenvalue weighted by atomic mass is 9.97. The van der Waals surface area contributed by atoms with E-state index in [-0.39, 0.29) is 12.2 Å². The third-order valence-corrected chi connectivity index (χ3v) is 5.47. The van der Waals surface area contributed by atoms with Crippen molar-refractivity contribution in [2.75, 3.05) is 19.6 Å². The van der Waals surface area contributed by atoms with Crippen molar-refractivity contribution in [3.8, 4) is 0 Å². The minimum atomic E-state index is -0.428. The van der Waals surface area contributed by atoms with E-state index in [4.69, 9.17) is 9.47 Å². The number of ether oxygens (including phenoxy) is 2. The zero-order valence-electron chi connectivity index (χ0n) is 17.8. The number of carbonyl (C=O) groups excluding carboxylic acids is 2. The standard InChI is InChI=1S/C24H27N3O4/c1-16(2)30-24(29)25-14-17-10-12-27(13-11-17)15-21-23(28)31-22(26-21)20-9-5-7-18-6-3-4-8-19(18)20/h3-9,15-17H,10-14H2,1-2H3,(H,25,29)/b21-15+. The Balaban J connectivity index is 1.38. The van der Waals surface area contributed by atoms with E-state index in [1.54, 1.807) is 6.20 Å². The molecule has 1 saturated heterocycles. The van der Waals surface area contributed by atoms with E-state index in [0.29, 0.717) is 24.1 Å². The molecule has 1 fully saturated rings. The molecule has 7 heteroatoms. The van der Waals surface area contributed by atoms with E-state index >= 15 is 0 Å². The van der Waals surface area contributed by atoms with E-state index in [0.717, 1.165) is 42.3 Å². The van der Waals surface area contributed by atoms with Crippen LogP contribution in [-0.2, 0) is 14.3 Å². The Bertz CT molecular complexity index is 1030. The minimum absolute atomic E-state index is 0.126. The first kappa shape index (κ1) is 20.9. The van der Waals surface area contributed by atoms with Crippen LogP contribution in [0.4, 0.5) is 4.79 Å². The largest absolute Gasteiger partial charge is 0.447 e. The molecule has 0 saturated carbocycles. The average molecular weight is 421 g/mol. The highest BCUT2D eigenvalue weighted by atomic mass is 16.6. The van der Waals surface area contributed by atoms with Crippen LogP contribution >= 0.6 is 0 Å². The van der Waals surface area contributed by atoms with Gasteiger partial charge in [0.2, 0.25) is 5.90 Å². The molecule has 2 aromatic rings. The summed E-state index contributed by atoms with van der Waals surface area (Å²) in [4.78, 5) is 30.6. The van der Waals surface area contributed by atoms with Gasteiger partial charge in [-0.3, -0.25) is 0 Å². The fraction of sp³-hybridized carbons (Fsp3) is 0.375. The van der Waals surface area contributed by atoms with Crippen molar-refractivity contribution < 1.29 is 19.1 Å². The molecule has 0 unspecified atom stereocenters. The molecule has 2 aliphatic rings. The zero-order valence-corrected chi connectivity index (χ0v) is 17.8. The maximum absolute atomic E-state index is 12.4. The fourth-order valence-corrected chi connectivity index (χ4v) is 3.87. The van der Waals surface area contributed by atoms with Gasteiger partial charge < -0.3 is 19.7 Å². The number of aliphatic imine (C=N–C) groups is 1. The first-order chi connectivity index (χ1) is 15.0. The lowest BCUT2D eigenvalue weighted by molar-refractivity contribution is -0.130. The highest BCUT2D eigenvalue weighted by molar-refractivity contribution is 6.16. The number of hydrogen-bond acceptors (Lipinski definition) is 6. The van der Waals surface area contributed by atoms with Crippen molar-refractivity contribution in [3.05, 3.63) is 59.9 Å². The molecule has 1 N–H and O–H groups in total. The topological polar surface area (TPSA) is 80.2 Å². The number of alkyl carbamates (subject to hydrolysis) is 1. The molecule has 7 nitrogen and oxygen atoms in total. The van der Waals surface area contributed by atoms with Gasteiger partial charge in [0.1, 0.15) is 0 Å². The number of rotatable bonds is 5. The smallest absolute Gasteiger partial charge is 0.407 e. The van der Waals surface area contributed by atoms with Gasteiger partial charge in [0.25, 0.3) is 0 Å². The Labute approximate surface area is 181 Å². The Morgan fingerprint density at radius 2 is 1.97 bits per heavy atom. The molecule has 0 bridgehead atoms. The quantitative estimate of drug-likeness (QED) is 0.586. The summed E-state index contributed by atoms with van der Waals surface area (Å²) in [5.41, 5.74) is 1.13. The minimum Gasteiger partial charge on any atom is -0.447 e. The predicted molar refractivity (Wildman–Crippen MR) is 119 cm³/mol. The van der Waals surface area contributed by atoms with Crippen LogP contribution in [0, 0.1) is 5.92 Å². The number of carbonyl (C=O) groups is 2. The second-order valence-electron chi connectivity index (χ2n) is 8.16. The normalized spacial score (nSPS) is 18.4. The summed E-state index contributed by atoms with van der Waals surface area (Å²) in [6.07, 6.45) is 3.13. The number of fused-ring (bicyclic) bond motifs is 1. The zero-order chi connectivity index (χ0) is 21.8. The van der Waals surface area contributed by atoms with Gasteiger partial charge in [-0.1, -0.05) is 36.4 Å². The van der Waals surface area contributed by atoms with Crippen molar-refractivity contribution >= 4 is 28.7 Å². The van der Waals surface area contributed by atoms with Crippen LogP contribution in [-0.4, -0.2) is 48.6 Å². The summed E-state index contributed by atoms with van der Waals surface area (Å²) in [5.74, 6) is 0.304. The summed E-state index contributed by atoms with van der Waals surface area (Å²) in [6.45, 7) is 5.84. The van der Waals surface area contributed by atoms with Gasteiger partial charge in [-0.15, -0.1) is 0 Å². The highest BCUT2D eigenvalue weighted by Gasteiger charge is 2.27. The SMILES string of the molecule is CC(C)OC(=O)NCC1CCN(/C=C2/N=C(c3cccc4ccccc34)OC2=O)CC1. The van der Waals surface area contributed by atoms with Crippen LogP contribution in [0.3, 0.4) is 0 Å². The van der Waals surface area contributed by atoms with Crippen LogP contribution in [0.1, 0.15) is 32.3 Å². The van der Waals surface area contributed by atoms with Crippen molar-refractivity contribution in [1.82, 2.24) is 10.2 Å². The Morgan fingerprint density at radius 3 is 2.74 bits per heavy atom. The number of likely N-dealkylation sites (tertiary alicyclic amines) is 1. The molecule has 0 aliphatic carbocycles. The molecule has 0 atom stereocenters.